The second kappa shape index (κ2) is 11.1. The second-order valence-corrected chi connectivity index (χ2v) is 8.11. The summed E-state index contributed by atoms with van der Waals surface area (Å²) in [4.78, 5) is 16.2. The highest BCUT2D eigenvalue weighted by atomic mass is 32.1. The van der Waals surface area contributed by atoms with Gasteiger partial charge >= 0.3 is 0 Å². The number of hydrogen-bond donors (Lipinski definition) is 1. The smallest absolute Gasteiger partial charge is 0.225 e. The van der Waals surface area contributed by atoms with Gasteiger partial charge < -0.3 is 10.0 Å². The SMILES string of the molecule is C=CCC[C@H](CCCc1cccs1)C(=O)N(C)[C@@H](C)[C@@H](O)c1ccccc1. The minimum atomic E-state index is -0.689. The van der Waals surface area contributed by atoms with Crippen LogP contribution in [0.4, 0.5) is 0 Å². The maximum Gasteiger partial charge on any atom is 0.225 e. The van der Waals surface area contributed by atoms with Crippen LogP contribution in [0.1, 0.15) is 49.2 Å². The first kappa shape index (κ1) is 21.4. The van der Waals surface area contributed by atoms with Crippen LogP contribution >= 0.6 is 11.3 Å². The van der Waals surface area contributed by atoms with Gasteiger partial charge in [0, 0.05) is 17.8 Å². The zero-order chi connectivity index (χ0) is 19.6. The molecular formula is C23H31NO2S. The summed E-state index contributed by atoms with van der Waals surface area (Å²) < 4.78 is 0. The first-order valence-electron chi connectivity index (χ1n) is 9.67. The van der Waals surface area contributed by atoms with Gasteiger partial charge in [0.25, 0.3) is 0 Å². The summed E-state index contributed by atoms with van der Waals surface area (Å²) in [6.45, 7) is 5.71. The van der Waals surface area contributed by atoms with Crippen molar-refractivity contribution in [3.63, 3.8) is 0 Å². The molecule has 0 unspecified atom stereocenters. The van der Waals surface area contributed by atoms with Crippen LogP contribution in [0.15, 0.2) is 60.5 Å². The Bertz CT molecular complexity index is 684. The molecule has 1 aromatic heterocycles. The number of allylic oxidation sites excluding steroid dienone is 1. The van der Waals surface area contributed by atoms with Gasteiger partial charge in [0.05, 0.1) is 12.1 Å². The lowest BCUT2D eigenvalue weighted by Gasteiger charge is -2.32. The van der Waals surface area contributed by atoms with Gasteiger partial charge in [-0.2, -0.15) is 0 Å². The second-order valence-electron chi connectivity index (χ2n) is 7.08. The molecule has 3 atom stereocenters. The monoisotopic (exact) mass is 385 g/mol. The van der Waals surface area contributed by atoms with Crippen molar-refractivity contribution in [3.8, 4) is 0 Å². The van der Waals surface area contributed by atoms with Crippen molar-refractivity contribution in [1.29, 1.82) is 0 Å². The van der Waals surface area contributed by atoms with E-state index in [1.807, 2.05) is 43.3 Å². The molecule has 0 spiro atoms. The van der Waals surface area contributed by atoms with Crippen molar-refractivity contribution in [2.45, 2.75) is 51.2 Å². The topological polar surface area (TPSA) is 40.5 Å². The quantitative estimate of drug-likeness (QED) is 0.538. The molecular weight excluding hydrogens is 354 g/mol. The molecule has 0 bridgehead atoms. The van der Waals surface area contributed by atoms with E-state index in [0.29, 0.717) is 0 Å². The number of rotatable bonds is 11. The van der Waals surface area contributed by atoms with Crippen molar-refractivity contribution >= 4 is 17.2 Å². The third-order valence-corrected chi connectivity index (χ3v) is 6.12. The van der Waals surface area contributed by atoms with Crippen molar-refractivity contribution in [2.75, 3.05) is 7.05 Å². The van der Waals surface area contributed by atoms with E-state index in [0.717, 1.165) is 37.7 Å². The van der Waals surface area contributed by atoms with Crippen LogP contribution < -0.4 is 0 Å². The number of aliphatic hydroxyl groups is 1. The van der Waals surface area contributed by atoms with Crippen molar-refractivity contribution in [3.05, 3.63) is 70.9 Å². The Hall–Kier alpha value is -1.91. The highest BCUT2D eigenvalue weighted by Gasteiger charge is 2.28. The Balaban J connectivity index is 1.97. The van der Waals surface area contributed by atoms with Gasteiger partial charge in [0.1, 0.15) is 0 Å². The fraction of sp³-hybridized carbons (Fsp3) is 0.435. The number of likely N-dealkylation sites (N-methyl/N-ethyl adjacent to an activating group) is 1. The normalized spacial score (nSPS) is 14.3. The van der Waals surface area contributed by atoms with Crippen molar-refractivity contribution < 1.29 is 9.90 Å². The van der Waals surface area contributed by atoms with Crippen molar-refractivity contribution in [2.24, 2.45) is 5.92 Å². The maximum atomic E-state index is 13.1. The predicted octanol–water partition coefficient (Wildman–Crippen LogP) is 5.23. The highest BCUT2D eigenvalue weighted by molar-refractivity contribution is 7.09. The molecule has 0 radical (unpaired) electrons. The van der Waals surface area contributed by atoms with E-state index < -0.39 is 6.10 Å². The summed E-state index contributed by atoms with van der Waals surface area (Å²) >= 11 is 1.77. The number of benzene rings is 1. The molecule has 27 heavy (non-hydrogen) atoms. The third kappa shape index (κ3) is 6.33. The average molecular weight is 386 g/mol. The number of carbonyl (C=O) groups excluding carboxylic acids is 1. The molecule has 1 N–H and O–H groups in total. The lowest BCUT2D eigenvalue weighted by atomic mass is 9.93. The number of carbonyl (C=O) groups is 1. The Morgan fingerprint density at radius 2 is 1.96 bits per heavy atom. The van der Waals surface area contributed by atoms with Gasteiger partial charge in [-0.1, -0.05) is 42.5 Å². The van der Waals surface area contributed by atoms with E-state index in [-0.39, 0.29) is 17.9 Å². The molecule has 146 valence electrons. The zero-order valence-electron chi connectivity index (χ0n) is 16.4. The molecule has 1 amide bonds. The number of amides is 1. The minimum absolute atomic E-state index is 0.0293. The lowest BCUT2D eigenvalue weighted by molar-refractivity contribution is -0.138. The molecule has 1 aromatic carbocycles. The summed E-state index contributed by atoms with van der Waals surface area (Å²) in [6.07, 6.45) is 5.71. The number of hydrogen-bond acceptors (Lipinski definition) is 3. The maximum absolute atomic E-state index is 13.1. The molecule has 2 aromatic rings. The van der Waals surface area contributed by atoms with Crippen LogP contribution in [0.25, 0.3) is 0 Å². The molecule has 4 heteroatoms. The van der Waals surface area contributed by atoms with Gasteiger partial charge in [0.2, 0.25) is 5.91 Å². The average Bonchev–Trinajstić information content (AvgIpc) is 3.22. The highest BCUT2D eigenvalue weighted by Crippen LogP contribution is 2.25. The molecule has 0 aliphatic heterocycles. The summed E-state index contributed by atoms with van der Waals surface area (Å²) in [5.41, 5.74) is 0.838. The van der Waals surface area contributed by atoms with Crippen LogP contribution in [0, 0.1) is 5.92 Å². The standard InChI is InChI=1S/C23H31NO2S/c1-4-5-11-20(14-9-15-21-16-10-17-27-21)23(26)24(3)18(2)22(25)19-12-7-6-8-13-19/h4,6-8,10,12-13,16-18,20,22,25H,1,5,9,11,14-15H2,2-3H3/t18-,20+,22+/m0/s1. The molecule has 0 aliphatic carbocycles. The number of thiophene rings is 1. The molecule has 0 saturated carbocycles. The molecule has 0 saturated heterocycles. The Kier molecular flexibility index (Phi) is 8.76. The zero-order valence-corrected chi connectivity index (χ0v) is 17.2. The van der Waals surface area contributed by atoms with E-state index in [1.165, 1.54) is 4.88 Å². The number of nitrogens with zero attached hydrogens (tertiary/aromatic N) is 1. The summed E-state index contributed by atoms with van der Waals surface area (Å²) in [6, 6.07) is 13.5. The Morgan fingerprint density at radius 3 is 2.59 bits per heavy atom. The van der Waals surface area contributed by atoms with Crippen LogP contribution in [-0.2, 0) is 11.2 Å². The van der Waals surface area contributed by atoms with Gasteiger partial charge in [-0.05, 0) is 56.0 Å². The van der Waals surface area contributed by atoms with E-state index in [2.05, 4.69) is 24.1 Å². The van der Waals surface area contributed by atoms with Crippen LogP contribution in [0.5, 0.6) is 0 Å². The van der Waals surface area contributed by atoms with E-state index in [4.69, 9.17) is 0 Å². The largest absolute Gasteiger partial charge is 0.386 e. The minimum Gasteiger partial charge on any atom is -0.386 e. The van der Waals surface area contributed by atoms with Gasteiger partial charge in [-0.3, -0.25) is 4.79 Å². The van der Waals surface area contributed by atoms with Crippen molar-refractivity contribution in [1.82, 2.24) is 4.90 Å². The lowest BCUT2D eigenvalue weighted by Crippen LogP contribution is -2.42. The molecule has 1 heterocycles. The first-order valence-corrected chi connectivity index (χ1v) is 10.6. The van der Waals surface area contributed by atoms with Crippen LogP contribution in [-0.4, -0.2) is 29.0 Å². The Morgan fingerprint density at radius 1 is 1.22 bits per heavy atom. The summed E-state index contributed by atoms with van der Waals surface area (Å²) in [7, 11) is 1.80. The van der Waals surface area contributed by atoms with Crippen LogP contribution in [0.2, 0.25) is 0 Å². The van der Waals surface area contributed by atoms with Gasteiger partial charge in [-0.15, -0.1) is 17.9 Å². The first-order chi connectivity index (χ1) is 13.0. The van der Waals surface area contributed by atoms with E-state index in [9.17, 15) is 9.90 Å². The fourth-order valence-corrected chi connectivity index (χ4v) is 4.07. The molecule has 0 aliphatic rings. The van der Waals surface area contributed by atoms with E-state index >= 15 is 0 Å². The van der Waals surface area contributed by atoms with Gasteiger partial charge in [-0.25, -0.2) is 0 Å². The molecule has 2 rings (SSSR count). The summed E-state index contributed by atoms with van der Waals surface area (Å²) in [5.74, 6) is 0.0869. The molecule has 3 nitrogen and oxygen atoms in total. The van der Waals surface area contributed by atoms with Gasteiger partial charge in [0.15, 0.2) is 0 Å². The number of aliphatic hydroxyl groups excluding tert-OH is 1. The predicted molar refractivity (Wildman–Crippen MR) is 114 cm³/mol. The van der Waals surface area contributed by atoms with E-state index in [1.54, 1.807) is 23.3 Å². The summed E-state index contributed by atoms with van der Waals surface area (Å²) in [5, 5.41) is 12.8. The fourth-order valence-electron chi connectivity index (χ4n) is 3.32. The number of aryl methyl sites for hydroxylation is 1. The van der Waals surface area contributed by atoms with Crippen LogP contribution in [0.3, 0.4) is 0 Å². The third-order valence-electron chi connectivity index (χ3n) is 5.18. The Labute approximate surface area is 167 Å². The molecule has 0 fully saturated rings.